The summed E-state index contributed by atoms with van der Waals surface area (Å²) in [4.78, 5) is 22.7. The Morgan fingerprint density at radius 3 is 2.65 bits per heavy atom. The van der Waals surface area contributed by atoms with Gasteiger partial charge in [-0.2, -0.15) is 11.3 Å². The van der Waals surface area contributed by atoms with Crippen LogP contribution >= 0.6 is 11.3 Å². The number of hydrogen-bond donors (Lipinski definition) is 2. The highest BCUT2D eigenvalue weighted by molar-refractivity contribution is 7.07. The zero-order chi connectivity index (χ0) is 13.1. The molecule has 94 valence electrons. The van der Waals surface area contributed by atoms with Crippen molar-refractivity contribution in [3.8, 4) is 0 Å². The van der Waals surface area contributed by atoms with Gasteiger partial charge < -0.3 is 10.4 Å². The molecule has 1 unspecified atom stereocenters. The van der Waals surface area contributed by atoms with Crippen LogP contribution in [0.2, 0.25) is 0 Å². The molecule has 1 atom stereocenters. The van der Waals surface area contributed by atoms with Crippen LogP contribution < -0.4 is 5.32 Å². The van der Waals surface area contributed by atoms with Gasteiger partial charge in [0.2, 0.25) is 5.91 Å². The summed E-state index contributed by atoms with van der Waals surface area (Å²) in [6, 6.07) is 1.92. The van der Waals surface area contributed by atoms with Gasteiger partial charge in [0.05, 0.1) is 0 Å². The fourth-order valence-corrected chi connectivity index (χ4v) is 2.00. The molecule has 1 rings (SSSR count). The predicted octanol–water partition coefficient (Wildman–Crippen LogP) is 1.91. The minimum Gasteiger partial charge on any atom is -0.480 e. The molecule has 17 heavy (non-hydrogen) atoms. The van der Waals surface area contributed by atoms with Gasteiger partial charge in [-0.3, -0.25) is 9.59 Å². The monoisotopic (exact) mass is 255 g/mol. The van der Waals surface area contributed by atoms with Crippen LogP contribution in [-0.2, 0) is 16.0 Å². The normalized spacial score (nSPS) is 13.1. The molecule has 0 aliphatic rings. The first-order chi connectivity index (χ1) is 7.84. The molecule has 2 N–H and O–H groups in total. The summed E-state index contributed by atoms with van der Waals surface area (Å²) in [5, 5.41) is 15.6. The third-order valence-electron chi connectivity index (χ3n) is 2.60. The van der Waals surface area contributed by atoms with E-state index in [-0.39, 0.29) is 6.04 Å². The van der Waals surface area contributed by atoms with Crippen LogP contribution in [0.1, 0.15) is 26.3 Å². The number of thiophene rings is 1. The van der Waals surface area contributed by atoms with E-state index in [1.807, 2.05) is 23.8 Å². The maximum atomic E-state index is 11.8. The molecular formula is C12H17NO3S. The molecule has 0 fully saturated rings. The van der Waals surface area contributed by atoms with E-state index in [9.17, 15) is 9.59 Å². The number of carboxylic acid groups (broad SMARTS) is 1. The molecule has 0 spiro atoms. The second-order valence-corrected chi connectivity index (χ2v) is 5.42. The van der Waals surface area contributed by atoms with Crippen molar-refractivity contribution in [2.45, 2.75) is 33.2 Å². The van der Waals surface area contributed by atoms with Crippen molar-refractivity contribution in [1.82, 2.24) is 5.32 Å². The van der Waals surface area contributed by atoms with Gasteiger partial charge in [0.1, 0.15) is 5.41 Å². The van der Waals surface area contributed by atoms with E-state index in [1.54, 1.807) is 11.3 Å². The molecule has 0 bridgehead atoms. The topological polar surface area (TPSA) is 66.4 Å². The molecule has 0 radical (unpaired) electrons. The Morgan fingerprint density at radius 2 is 2.18 bits per heavy atom. The molecule has 0 saturated heterocycles. The Balaban J connectivity index is 2.54. The lowest BCUT2D eigenvalue weighted by molar-refractivity contribution is -0.153. The SMILES string of the molecule is CC(Cc1ccsc1)NC(=O)C(C)(C)C(=O)O. The average molecular weight is 255 g/mol. The third kappa shape index (κ3) is 3.56. The summed E-state index contributed by atoms with van der Waals surface area (Å²) >= 11 is 1.60. The van der Waals surface area contributed by atoms with E-state index < -0.39 is 17.3 Å². The number of amides is 1. The number of carbonyl (C=O) groups is 2. The predicted molar refractivity (Wildman–Crippen MR) is 67.0 cm³/mol. The molecule has 1 amide bonds. The molecule has 0 saturated carbocycles. The third-order valence-corrected chi connectivity index (χ3v) is 3.33. The van der Waals surface area contributed by atoms with Gasteiger partial charge in [0, 0.05) is 6.04 Å². The van der Waals surface area contributed by atoms with Crippen molar-refractivity contribution in [2.75, 3.05) is 0 Å². The average Bonchev–Trinajstić information content (AvgIpc) is 2.69. The van der Waals surface area contributed by atoms with Crippen LogP contribution in [0.5, 0.6) is 0 Å². The first kappa shape index (κ1) is 13.7. The van der Waals surface area contributed by atoms with Gasteiger partial charge in [-0.15, -0.1) is 0 Å². The van der Waals surface area contributed by atoms with Crippen LogP contribution in [0.3, 0.4) is 0 Å². The minimum atomic E-state index is -1.39. The lowest BCUT2D eigenvalue weighted by atomic mass is 9.92. The highest BCUT2D eigenvalue weighted by Crippen LogP contribution is 2.16. The molecule has 0 aromatic carbocycles. The molecule has 1 heterocycles. The van der Waals surface area contributed by atoms with Crippen molar-refractivity contribution < 1.29 is 14.7 Å². The zero-order valence-electron chi connectivity index (χ0n) is 10.2. The second-order valence-electron chi connectivity index (χ2n) is 4.64. The van der Waals surface area contributed by atoms with Crippen molar-refractivity contribution in [2.24, 2.45) is 5.41 Å². The molecule has 4 nitrogen and oxygen atoms in total. The summed E-state index contributed by atoms with van der Waals surface area (Å²) < 4.78 is 0. The van der Waals surface area contributed by atoms with Gasteiger partial charge in [-0.05, 0) is 49.6 Å². The summed E-state index contributed by atoms with van der Waals surface area (Å²) in [6.45, 7) is 4.68. The van der Waals surface area contributed by atoms with Gasteiger partial charge in [-0.1, -0.05) is 0 Å². The Kier molecular flexibility index (Phi) is 4.28. The summed E-state index contributed by atoms with van der Waals surface area (Å²) in [5.41, 5.74) is -0.237. The molecule has 1 aromatic heterocycles. The maximum absolute atomic E-state index is 11.8. The second kappa shape index (κ2) is 5.31. The number of nitrogens with one attached hydrogen (secondary N) is 1. The lowest BCUT2D eigenvalue weighted by Gasteiger charge is -2.21. The van der Waals surface area contributed by atoms with E-state index >= 15 is 0 Å². The highest BCUT2D eigenvalue weighted by atomic mass is 32.1. The standard InChI is InChI=1S/C12H17NO3S/c1-8(6-9-4-5-17-7-9)13-10(14)12(2,3)11(15)16/h4-5,7-8H,6H2,1-3H3,(H,13,14)(H,15,16). The van der Waals surface area contributed by atoms with E-state index in [1.165, 1.54) is 13.8 Å². The van der Waals surface area contributed by atoms with Crippen molar-refractivity contribution in [3.05, 3.63) is 22.4 Å². The van der Waals surface area contributed by atoms with Crippen LogP contribution in [0.25, 0.3) is 0 Å². The van der Waals surface area contributed by atoms with Crippen molar-refractivity contribution >= 4 is 23.2 Å². The number of carboxylic acids is 1. The molecule has 0 aliphatic heterocycles. The largest absolute Gasteiger partial charge is 0.480 e. The minimum absolute atomic E-state index is 0.0734. The number of carbonyl (C=O) groups excluding carboxylic acids is 1. The molecule has 1 aromatic rings. The Bertz CT molecular complexity index is 398. The number of hydrogen-bond acceptors (Lipinski definition) is 3. The van der Waals surface area contributed by atoms with E-state index in [4.69, 9.17) is 5.11 Å². The quantitative estimate of drug-likeness (QED) is 0.790. The Labute approximate surface area is 105 Å². The molecule has 5 heteroatoms. The first-order valence-electron chi connectivity index (χ1n) is 5.39. The summed E-state index contributed by atoms with van der Waals surface area (Å²) in [6.07, 6.45) is 0.713. The fraction of sp³-hybridized carbons (Fsp3) is 0.500. The molecule has 0 aliphatic carbocycles. The number of aliphatic carboxylic acids is 1. The fourth-order valence-electron chi connectivity index (χ4n) is 1.31. The van der Waals surface area contributed by atoms with Gasteiger partial charge in [0.25, 0.3) is 0 Å². The highest BCUT2D eigenvalue weighted by Gasteiger charge is 2.36. The lowest BCUT2D eigenvalue weighted by Crippen LogP contribution is -2.46. The Morgan fingerprint density at radius 1 is 1.53 bits per heavy atom. The number of rotatable bonds is 5. The van der Waals surface area contributed by atoms with E-state index in [0.717, 1.165) is 5.56 Å². The van der Waals surface area contributed by atoms with Crippen LogP contribution in [0.15, 0.2) is 16.8 Å². The summed E-state index contributed by atoms with van der Waals surface area (Å²) in [5.74, 6) is -1.56. The van der Waals surface area contributed by atoms with Crippen molar-refractivity contribution in [1.29, 1.82) is 0 Å². The van der Waals surface area contributed by atoms with Crippen molar-refractivity contribution in [3.63, 3.8) is 0 Å². The van der Waals surface area contributed by atoms with E-state index in [2.05, 4.69) is 5.32 Å². The van der Waals surface area contributed by atoms with Gasteiger partial charge in [-0.25, -0.2) is 0 Å². The van der Waals surface area contributed by atoms with Gasteiger partial charge >= 0.3 is 5.97 Å². The first-order valence-corrected chi connectivity index (χ1v) is 6.33. The van der Waals surface area contributed by atoms with Crippen LogP contribution in [0, 0.1) is 5.41 Å². The van der Waals surface area contributed by atoms with Gasteiger partial charge in [0.15, 0.2) is 0 Å². The summed E-state index contributed by atoms with van der Waals surface area (Å²) in [7, 11) is 0. The smallest absolute Gasteiger partial charge is 0.318 e. The maximum Gasteiger partial charge on any atom is 0.318 e. The van der Waals surface area contributed by atoms with E-state index in [0.29, 0.717) is 6.42 Å². The van der Waals surface area contributed by atoms with Crippen LogP contribution in [-0.4, -0.2) is 23.0 Å². The zero-order valence-corrected chi connectivity index (χ0v) is 11.0. The molecular weight excluding hydrogens is 238 g/mol. The Hall–Kier alpha value is -1.36. The van der Waals surface area contributed by atoms with Crippen LogP contribution in [0.4, 0.5) is 0 Å².